The summed E-state index contributed by atoms with van der Waals surface area (Å²) in [5.41, 5.74) is -1.03. The molecule has 0 spiro atoms. The van der Waals surface area contributed by atoms with Crippen LogP contribution in [0.3, 0.4) is 0 Å². The van der Waals surface area contributed by atoms with E-state index in [9.17, 15) is 19.8 Å². The lowest BCUT2D eigenvalue weighted by Crippen LogP contribution is -2.45. The number of hydrogen-bond donors (Lipinski definition) is 3. The second kappa shape index (κ2) is 9.27. The third kappa shape index (κ3) is 5.74. The number of carboxylic acid groups (broad SMARTS) is 1. The summed E-state index contributed by atoms with van der Waals surface area (Å²) in [5, 5.41) is 29.6. The van der Waals surface area contributed by atoms with Crippen LogP contribution in [0, 0.1) is 5.41 Å². The number of unbranched alkanes of at least 4 members (excludes halogenated alkanes) is 1. The first kappa shape index (κ1) is 21.3. The summed E-state index contributed by atoms with van der Waals surface area (Å²) >= 11 is 0. The van der Waals surface area contributed by atoms with E-state index in [1.54, 1.807) is 24.7 Å². The molecule has 2 heterocycles. The molecule has 1 amide bonds. The summed E-state index contributed by atoms with van der Waals surface area (Å²) in [6.07, 6.45) is 5.21. The van der Waals surface area contributed by atoms with Crippen LogP contribution < -0.4 is 5.32 Å². The third-order valence-electron chi connectivity index (χ3n) is 5.15. The minimum absolute atomic E-state index is 0.00854. The lowest BCUT2D eigenvalue weighted by Gasteiger charge is -2.35. The molecule has 1 aliphatic heterocycles. The van der Waals surface area contributed by atoms with Crippen molar-refractivity contribution in [2.45, 2.75) is 57.9 Å². The number of hydrogen-bond acceptors (Lipinski definition) is 6. The van der Waals surface area contributed by atoms with Gasteiger partial charge in [0.25, 0.3) is 0 Å². The summed E-state index contributed by atoms with van der Waals surface area (Å²) in [7, 11) is 0. The lowest BCUT2D eigenvalue weighted by atomic mass is 9.83. The highest BCUT2D eigenvalue weighted by atomic mass is 16.5. The van der Waals surface area contributed by atoms with Gasteiger partial charge >= 0.3 is 5.97 Å². The summed E-state index contributed by atoms with van der Waals surface area (Å²) < 4.78 is 7.04. The van der Waals surface area contributed by atoms with Gasteiger partial charge in [-0.3, -0.25) is 14.3 Å². The maximum Gasteiger partial charge on any atom is 0.315 e. The van der Waals surface area contributed by atoms with Crippen molar-refractivity contribution in [1.29, 1.82) is 0 Å². The molecule has 152 valence electrons. The standard InChI is InChI=1S/C18H30N4O5/c1-17(2,16(25)26)14-10-22(21-20-14)8-4-3-6-15(24)19-11-18(12-23)7-5-9-27-13-18/h10,23H,3-9,11-13H2,1-2H3,(H,19,24)(H,25,26). The number of carbonyl (C=O) groups is 2. The van der Waals surface area contributed by atoms with E-state index < -0.39 is 11.4 Å². The maximum absolute atomic E-state index is 12.0. The van der Waals surface area contributed by atoms with Crippen molar-refractivity contribution in [3.05, 3.63) is 11.9 Å². The van der Waals surface area contributed by atoms with Gasteiger partial charge in [0.1, 0.15) is 5.41 Å². The Hall–Kier alpha value is -2.00. The molecular weight excluding hydrogens is 352 g/mol. The molecular formula is C18H30N4O5. The number of aliphatic carboxylic acids is 1. The first-order chi connectivity index (χ1) is 12.8. The Balaban J connectivity index is 1.68. The van der Waals surface area contributed by atoms with Crippen molar-refractivity contribution in [2.75, 3.05) is 26.4 Å². The van der Waals surface area contributed by atoms with E-state index in [0.29, 0.717) is 44.8 Å². The smallest absolute Gasteiger partial charge is 0.315 e. The van der Waals surface area contributed by atoms with Crippen LogP contribution in [0.1, 0.15) is 51.6 Å². The molecule has 1 unspecified atom stereocenters. The van der Waals surface area contributed by atoms with Crippen LogP contribution in [0.25, 0.3) is 0 Å². The van der Waals surface area contributed by atoms with Gasteiger partial charge in [0.05, 0.1) is 18.9 Å². The Kier molecular flexibility index (Phi) is 7.32. The zero-order chi connectivity index (χ0) is 19.9. The molecule has 9 heteroatoms. The van der Waals surface area contributed by atoms with Crippen LogP contribution in [-0.4, -0.2) is 63.4 Å². The van der Waals surface area contributed by atoms with E-state index in [2.05, 4.69) is 15.6 Å². The molecule has 0 bridgehead atoms. The van der Waals surface area contributed by atoms with Crippen molar-refractivity contribution >= 4 is 11.9 Å². The van der Waals surface area contributed by atoms with Gasteiger partial charge in [-0.05, 0) is 39.5 Å². The van der Waals surface area contributed by atoms with Crippen LogP contribution in [0.4, 0.5) is 0 Å². The number of nitrogens with one attached hydrogen (secondary N) is 1. The highest BCUT2D eigenvalue weighted by molar-refractivity contribution is 5.79. The van der Waals surface area contributed by atoms with Gasteiger partial charge in [0.15, 0.2) is 0 Å². The summed E-state index contributed by atoms with van der Waals surface area (Å²) in [6, 6.07) is 0. The number of aliphatic hydroxyl groups excluding tert-OH is 1. The number of aliphatic hydroxyl groups is 1. The van der Waals surface area contributed by atoms with Crippen LogP contribution >= 0.6 is 0 Å². The Morgan fingerprint density at radius 3 is 2.81 bits per heavy atom. The highest BCUT2D eigenvalue weighted by Crippen LogP contribution is 2.27. The molecule has 1 atom stereocenters. The number of nitrogens with zero attached hydrogens (tertiary/aromatic N) is 3. The van der Waals surface area contributed by atoms with Crippen molar-refractivity contribution in [1.82, 2.24) is 20.3 Å². The number of ether oxygens (including phenoxy) is 1. The second-order valence-electron chi connectivity index (χ2n) is 7.85. The summed E-state index contributed by atoms with van der Waals surface area (Å²) in [4.78, 5) is 23.3. The Morgan fingerprint density at radius 2 is 2.19 bits per heavy atom. The third-order valence-corrected chi connectivity index (χ3v) is 5.15. The second-order valence-corrected chi connectivity index (χ2v) is 7.85. The average molecular weight is 382 g/mol. The van der Waals surface area contributed by atoms with Crippen molar-refractivity contribution in [2.24, 2.45) is 5.41 Å². The number of rotatable bonds is 10. The quantitative estimate of drug-likeness (QED) is 0.509. The van der Waals surface area contributed by atoms with Crippen molar-refractivity contribution < 1.29 is 24.5 Å². The Bertz CT molecular complexity index is 637. The largest absolute Gasteiger partial charge is 0.481 e. The van der Waals surface area contributed by atoms with Gasteiger partial charge in [-0.2, -0.15) is 0 Å². The average Bonchev–Trinajstić information content (AvgIpc) is 3.14. The predicted octanol–water partition coefficient (Wildman–Crippen LogP) is 0.716. The lowest BCUT2D eigenvalue weighted by molar-refractivity contribution is -0.142. The number of carbonyl (C=O) groups excluding carboxylic acids is 1. The van der Waals surface area contributed by atoms with Gasteiger partial charge in [0.2, 0.25) is 5.91 Å². The topological polar surface area (TPSA) is 127 Å². The van der Waals surface area contributed by atoms with Crippen LogP contribution in [0.15, 0.2) is 6.20 Å². The van der Waals surface area contributed by atoms with Gasteiger partial charge in [-0.25, -0.2) is 0 Å². The van der Waals surface area contributed by atoms with E-state index in [-0.39, 0.29) is 17.9 Å². The van der Waals surface area contributed by atoms with E-state index in [0.717, 1.165) is 19.3 Å². The minimum atomic E-state index is -1.08. The molecule has 0 aromatic carbocycles. The van der Waals surface area contributed by atoms with E-state index in [1.807, 2.05) is 0 Å². The van der Waals surface area contributed by atoms with Gasteiger partial charge in [0, 0.05) is 37.7 Å². The molecule has 1 saturated heterocycles. The van der Waals surface area contributed by atoms with E-state index >= 15 is 0 Å². The highest BCUT2D eigenvalue weighted by Gasteiger charge is 2.33. The molecule has 2 rings (SSSR count). The fourth-order valence-electron chi connectivity index (χ4n) is 2.97. The fourth-order valence-corrected chi connectivity index (χ4v) is 2.97. The summed E-state index contributed by atoms with van der Waals surface area (Å²) in [5.74, 6) is -0.991. The first-order valence-electron chi connectivity index (χ1n) is 9.38. The molecule has 3 N–H and O–H groups in total. The predicted molar refractivity (Wildman–Crippen MR) is 97.1 cm³/mol. The molecule has 0 radical (unpaired) electrons. The van der Waals surface area contributed by atoms with Gasteiger partial charge < -0.3 is 20.3 Å². The zero-order valence-corrected chi connectivity index (χ0v) is 16.1. The SMILES string of the molecule is CC(C)(C(=O)O)c1cn(CCCCC(=O)NCC2(CO)CCCOC2)nn1. The van der Waals surface area contributed by atoms with E-state index in [4.69, 9.17) is 4.74 Å². The number of aryl methyl sites for hydroxylation is 1. The van der Waals surface area contributed by atoms with Crippen LogP contribution in [0.5, 0.6) is 0 Å². The monoisotopic (exact) mass is 382 g/mol. The number of amides is 1. The van der Waals surface area contributed by atoms with Crippen molar-refractivity contribution in [3.8, 4) is 0 Å². The molecule has 27 heavy (non-hydrogen) atoms. The molecule has 1 fully saturated rings. The molecule has 9 nitrogen and oxygen atoms in total. The molecule has 1 aromatic heterocycles. The number of aromatic nitrogens is 3. The minimum Gasteiger partial charge on any atom is -0.481 e. The van der Waals surface area contributed by atoms with Crippen LogP contribution in [0.2, 0.25) is 0 Å². The maximum atomic E-state index is 12.0. The number of carboxylic acids is 1. The molecule has 0 saturated carbocycles. The summed E-state index contributed by atoms with van der Waals surface area (Å²) in [6.45, 7) is 5.38. The van der Waals surface area contributed by atoms with E-state index in [1.165, 1.54) is 0 Å². The van der Waals surface area contributed by atoms with Crippen molar-refractivity contribution in [3.63, 3.8) is 0 Å². The fraction of sp³-hybridized carbons (Fsp3) is 0.778. The normalized spacial score (nSPS) is 20.4. The first-order valence-corrected chi connectivity index (χ1v) is 9.38. The molecule has 1 aromatic rings. The van der Waals surface area contributed by atoms with Crippen LogP contribution in [-0.2, 0) is 26.3 Å². The van der Waals surface area contributed by atoms with Gasteiger partial charge in [-0.1, -0.05) is 5.21 Å². The van der Waals surface area contributed by atoms with Gasteiger partial charge in [-0.15, -0.1) is 5.10 Å². The Labute approximate surface area is 159 Å². The molecule has 1 aliphatic rings. The zero-order valence-electron chi connectivity index (χ0n) is 16.1. The Morgan fingerprint density at radius 1 is 1.41 bits per heavy atom. The molecule has 0 aliphatic carbocycles.